The zero-order valence-electron chi connectivity index (χ0n) is 11.4. The molecule has 1 atom stereocenters. The van der Waals surface area contributed by atoms with Crippen LogP contribution in [0.3, 0.4) is 0 Å². The van der Waals surface area contributed by atoms with Gasteiger partial charge in [-0.15, -0.1) is 0 Å². The van der Waals surface area contributed by atoms with Crippen molar-refractivity contribution in [2.75, 3.05) is 11.9 Å². The Morgan fingerprint density at radius 2 is 2.05 bits per heavy atom. The average Bonchev–Trinajstić information content (AvgIpc) is 2.43. The Labute approximate surface area is 132 Å². The Kier molecular flexibility index (Phi) is 3.96. The minimum atomic E-state index is -0.276. The van der Waals surface area contributed by atoms with E-state index in [1.165, 1.54) is 6.07 Å². The molecule has 0 aromatic heterocycles. The zero-order chi connectivity index (χ0) is 15.0. The van der Waals surface area contributed by atoms with E-state index < -0.39 is 0 Å². The zero-order valence-corrected chi connectivity index (χ0v) is 12.9. The summed E-state index contributed by atoms with van der Waals surface area (Å²) >= 11 is 12.2. The lowest BCUT2D eigenvalue weighted by Gasteiger charge is -2.28. The summed E-state index contributed by atoms with van der Waals surface area (Å²) in [5, 5.41) is 4.25. The van der Waals surface area contributed by atoms with Gasteiger partial charge in [0.15, 0.2) is 0 Å². The van der Waals surface area contributed by atoms with Crippen molar-refractivity contribution in [3.8, 4) is 5.75 Å². The van der Waals surface area contributed by atoms with Gasteiger partial charge in [0.2, 0.25) is 0 Å². The van der Waals surface area contributed by atoms with E-state index in [9.17, 15) is 4.39 Å². The third-order valence-corrected chi connectivity index (χ3v) is 4.02. The summed E-state index contributed by atoms with van der Waals surface area (Å²) in [6, 6.07) is 8.37. The standard InChI is InChI=1S/C16H14Cl2FNO/c1-9-2-3-13(19)15(6-9)20-14-4-5-21-16-11(14)7-10(17)8-12(16)18/h2-3,6-8,14,20H,4-5H2,1H3. The first kappa shape index (κ1) is 14.5. The molecule has 5 heteroatoms. The van der Waals surface area contributed by atoms with Crippen LogP contribution in [0.4, 0.5) is 10.1 Å². The predicted octanol–water partition coefficient (Wildman–Crippen LogP) is 5.38. The first-order chi connectivity index (χ1) is 10.0. The summed E-state index contributed by atoms with van der Waals surface area (Å²) < 4.78 is 19.5. The van der Waals surface area contributed by atoms with Gasteiger partial charge in [-0.3, -0.25) is 0 Å². The van der Waals surface area contributed by atoms with E-state index in [-0.39, 0.29) is 11.9 Å². The maximum absolute atomic E-state index is 13.9. The molecular weight excluding hydrogens is 312 g/mol. The van der Waals surface area contributed by atoms with Crippen LogP contribution in [-0.2, 0) is 0 Å². The maximum Gasteiger partial charge on any atom is 0.146 e. The van der Waals surface area contributed by atoms with Crippen molar-refractivity contribution in [2.45, 2.75) is 19.4 Å². The van der Waals surface area contributed by atoms with Crippen LogP contribution >= 0.6 is 23.2 Å². The molecule has 1 unspecified atom stereocenters. The fraction of sp³-hybridized carbons (Fsp3) is 0.250. The molecular formula is C16H14Cl2FNO. The Balaban J connectivity index is 1.97. The van der Waals surface area contributed by atoms with Gasteiger partial charge in [0.25, 0.3) is 0 Å². The summed E-state index contributed by atoms with van der Waals surface area (Å²) in [6.07, 6.45) is 0.719. The van der Waals surface area contributed by atoms with Gasteiger partial charge in [0.1, 0.15) is 11.6 Å². The summed E-state index contributed by atoms with van der Waals surface area (Å²) in [5.41, 5.74) is 2.33. The fourth-order valence-corrected chi connectivity index (χ4v) is 3.08. The summed E-state index contributed by atoms with van der Waals surface area (Å²) in [4.78, 5) is 0. The molecule has 1 N–H and O–H groups in total. The second-order valence-corrected chi connectivity index (χ2v) is 5.97. The number of rotatable bonds is 2. The number of fused-ring (bicyclic) bond motifs is 1. The first-order valence-electron chi connectivity index (χ1n) is 6.69. The molecule has 110 valence electrons. The monoisotopic (exact) mass is 325 g/mol. The molecule has 2 aromatic rings. The van der Waals surface area contributed by atoms with E-state index in [4.69, 9.17) is 27.9 Å². The van der Waals surface area contributed by atoms with Crippen molar-refractivity contribution >= 4 is 28.9 Å². The van der Waals surface area contributed by atoms with E-state index >= 15 is 0 Å². The molecule has 0 saturated heterocycles. The van der Waals surface area contributed by atoms with Gasteiger partial charge in [-0.05, 0) is 36.8 Å². The number of benzene rings is 2. The van der Waals surface area contributed by atoms with Crippen LogP contribution in [-0.4, -0.2) is 6.61 Å². The van der Waals surface area contributed by atoms with Crippen LogP contribution in [0.1, 0.15) is 23.6 Å². The van der Waals surface area contributed by atoms with E-state index in [1.54, 1.807) is 18.2 Å². The van der Waals surface area contributed by atoms with Crippen LogP contribution in [0.2, 0.25) is 10.0 Å². The lowest BCUT2D eigenvalue weighted by molar-refractivity contribution is 0.274. The van der Waals surface area contributed by atoms with Gasteiger partial charge in [-0.25, -0.2) is 4.39 Å². The Bertz CT molecular complexity index is 690. The Hall–Kier alpha value is -1.45. The van der Waals surface area contributed by atoms with Crippen molar-refractivity contribution in [3.05, 3.63) is 57.3 Å². The molecule has 1 aliphatic heterocycles. The second-order valence-electron chi connectivity index (χ2n) is 5.12. The summed E-state index contributed by atoms with van der Waals surface area (Å²) in [5.74, 6) is 0.347. The Morgan fingerprint density at radius 3 is 2.86 bits per heavy atom. The molecule has 0 radical (unpaired) electrons. The highest BCUT2D eigenvalue weighted by Crippen LogP contribution is 2.41. The molecule has 3 rings (SSSR count). The SMILES string of the molecule is Cc1ccc(F)c(NC2CCOc3c(Cl)cc(Cl)cc32)c1. The van der Waals surface area contributed by atoms with Crippen LogP contribution in [0.5, 0.6) is 5.75 Å². The fourth-order valence-electron chi connectivity index (χ4n) is 2.51. The molecule has 0 bridgehead atoms. The van der Waals surface area contributed by atoms with Gasteiger partial charge < -0.3 is 10.1 Å². The molecule has 0 fully saturated rings. The molecule has 2 aromatic carbocycles. The first-order valence-corrected chi connectivity index (χ1v) is 7.44. The normalized spacial score (nSPS) is 17.0. The van der Waals surface area contributed by atoms with E-state index in [0.29, 0.717) is 28.1 Å². The van der Waals surface area contributed by atoms with Crippen molar-refractivity contribution in [3.63, 3.8) is 0 Å². The van der Waals surface area contributed by atoms with E-state index in [0.717, 1.165) is 17.5 Å². The molecule has 1 aliphatic rings. The Morgan fingerprint density at radius 1 is 1.24 bits per heavy atom. The highest BCUT2D eigenvalue weighted by Gasteiger charge is 2.25. The van der Waals surface area contributed by atoms with Crippen molar-refractivity contribution in [1.82, 2.24) is 0 Å². The number of hydrogen-bond donors (Lipinski definition) is 1. The number of hydrogen-bond acceptors (Lipinski definition) is 2. The van der Waals surface area contributed by atoms with E-state index in [2.05, 4.69) is 5.32 Å². The van der Waals surface area contributed by atoms with Crippen LogP contribution in [0, 0.1) is 12.7 Å². The molecule has 21 heavy (non-hydrogen) atoms. The average molecular weight is 326 g/mol. The molecule has 1 heterocycles. The van der Waals surface area contributed by atoms with Crippen molar-refractivity contribution in [2.24, 2.45) is 0 Å². The van der Waals surface area contributed by atoms with Gasteiger partial charge in [-0.1, -0.05) is 29.3 Å². The van der Waals surface area contributed by atoms with Gasteiger partial charge in [-0.2, -0.15) is 0 Å². The topological polar surface area (TPSA) is 21.3 Å². The summed E-state index contributed by atoms with van der Waals surface area (Å²) in [6.45, 7) is 2.45. The molecule has 0 aliphatic carbocycles. The van der Waals surface area contributed by atoms with Crippen LogP contribution in [0.15, 0.2) is 30.3 Å². The molecule has 0 spiro atoms. The highest BCUT2D eigenvalue weighted by molar-refractivity contribution is 6.35. The third kappa shape index (κ3) is 2.94. The number of halogens is 3. The van der Waals surface area contributed by atoms with Crippen molar-refractivity contribution in [1.29, 1.82) is 0 Å². The number of ether oxygens (including phenoxy) is 1. The molecule has 0 amide bonds. The lowest BCUT2D eigenvalue weighted by atomic mass is 10.00. The second kappa shape index (κ2) is 5.74. The van der Waals surface area contributed by atoms with Gasteiger partial charge in [0, 0.05) is 17.0 Å². The quantitative estimate of drug-likeness (QED) is 0.800. The third-order valence-electron chi connectivity index (χ3n) is 3.52. The highest BCUT2D eigenvalue weighted by atomic mass is 35.5. The van der Waals surface area contributed by atoms with Gasteiger partial charge in [0.05, 0.1) is 23.4 Å². The minimum Gasteiger partial charge on any atom is -0.492 e. The molecule has 0 saturated carbocycles. The van der Waals surface area contributed by atoms with Crippen LogP contribution < -0.4 is 10.1 Å². The van der Waals surface area contributed by atoms with Crippen LogP contribution in [0.25, 0.3) is 0 Å². The number of nitrogens with one attached hydrogen (secondary N) is 1. The summed E-state index contributed by atoms with van der Waals surface area (Å²) in [7, 11) is 0. The number of aryl methyl sites for hydroxylation is 1. The van der Waals surface area contributed by atoms with E-state index in [1.807, 2.05) is 13.0 Å². The number of anilines is 1. The largest absolute Gasteiger partial charge is 0.492 e. The molecule has 2 nitrogen and oxygen atoms in total. The minimum absolute atomic E-state index is 0.0822. The lowest BCUT2D eigenvalue weighted by Crippen LogP contribution is -2.21. The van der Waals surface area contributed by atoms with Gasteiger partial charge >= 0.3 is 0 Å². The smallest absolute Gasteiger partial charge is 0.146 e. The maximum atomic E-state index is 13.9. The van der Waals surface area contributed by atoms with Crippen molar-refractivity contribution < 1.29 is 9.13 Å². The predicted molar refractivity (Wildman–Crippen MR) is 84.1 cm³/mol.